The van der Waals surface area contributed by atoms with Gasteiger partial charge in [0.25, 0.3) is 5.91 Å². The lowest BCUT2D eigenvalue weighted by molar-refractivity contribution is 0.0998. The zero-order valence-electron chi connectivity index (χ0n) is 9.99. The first-order valence-electron chi connectivity index (χ1n) is 5.41. The molecule has 104 valence electrons. The molecule has 0 aliphatic heterocycles. The number of ether oxygens (including phenoxy) is 1. The molecule has 0 atom stereocenters. The van der Waals surface area contributed by atoms with Gasteiger partial charge in [-0.25, -0.2) is 4.39 Å². The third-order valence-corrected chi connectivity index (χ3v) is 2.94. The third kappa shape index (κ3) is 2.72. The molecule has 0 heterocycles. The van der Waals surface area contributed by atoms with E-state index in [0.29, 0.717) is 0 Å². The Morgan fingerprint density at radius 1 is 1.25 bits per heavy atom. The smallest absolute Gasteiger partial charge is 0.252 e. The number of para-hydroxylation sites is 1. The minimum Gasteiger partial charge on any atom is -0.451 e. The van der Waals surface area contributed by atoms with Crippen LogP contribution in [0.2, 0.25) is 0 Å². The predicted octanol–water partition coefficient (Wildman–Crippen LogP) is 3.20. The minimum absolute atomic E-state index is 0.0233. The Morgan fingerprint density at radius 2 is 1.95 bits per heavy atom. The average molecular weight is 343 g/mol. The molecule has 20 heavy (non-hydrogen) atoms. The molecule has 4 N–H and O–H groups in total. The van der Waals surface area contributed by atoms with Gasteiger partial charge in [0.15, 0.2) is 17.3 Å². The molecule has 0 fully saturated rings. The molecule has 2 aromatic carbocycles. The average Bonchev–Trinajstić information content (AvgIpc) is 2.37. The van der Waals surface area contributed by atoms with E-state index in [1.807, 2.05) is 0 Å². The molecule has 2 aromatic rings. The molecule has 0 unspecified atom stereocenters. The van der Waals surface area contributed by atoms with Crippen molar-refractivity contribution in [3.63, 3.8) is 0 Å². The molecule has 2 rings (SSSR count). The number of rotatable bonds is 3. The highest BCUT2D eigenvalue weighted by Crippen LogP contribution is 2.34. The number of benzene rings is 2. The van der Waals surface area contributed by atoms with E-state index in [1.54, 1.807) is 0 Å². The first-order valence-corrected chi connectivity index (χ1v) is 6.20. The summed E-state index contributed by atoms with van der Waals surface area (Å²) in [4.78, 5) is 11.3. The van der Waals surface area contributed by atoms with Crippen LogP contribution in [0.25, 0.3) is 0 Å². The second kappa shape index (κ2) is 5.46. The maximum absolute atomic E-state index is 13.7. The van der Waals surface area contributed by atoms with Gasteiger partial charge in [-0.2, -0.15) is 4.39 Å². The van der Waals surface area contributed by atoms with Gasteiger partial charge in [-0.15, -0.1) is 0 Å². The highest BCUT2D eigenvalue weighted by Gasteiger charge is 2.17. The number of carbonyl (C=O) groups excluding carboxylic acids is 1. The van der Waals surface area contributed by atoms with Gasteiger partial charge in [-0.05, 0) is 24.3 Å². The zero-order valence-corrected chi connectivity index (χ0v) is 11.6. The molecule has 4 nitrogen and oxygen atoms in total. The monoisotopic (exact) mass is 342 g/mol. The van der Waals surface area contributed by atoms with Crippen molar-refractivity contribution in [2.45, 2.75) is 0 Å². The fraction of sp³-hybridized carbons (Fsp3) is 0. The Balaban J connectivity index is 2.53. The maximum Gasteiger partial charge on any atom is 0.252 e. The number of hydrogen-bond donors (Lipinski definition) is 2. The van der Waals surface area contributed by atoms with Crippen LogP contribution < -0.4 is 16.2 Å². The van der Waals surface area contributed by atoms with E-state index in [9.17, 15) is 13.6 Å². The largest absolute Gasteiger partial charge is 0.451 e. The van der Waals surface area contributed by atoms with Crippen molar-refractivity contribution in [2.24, 2.45) is 5.73 Å². The van der Waals surface area contributed by atoms with Crippen LogP contribution >= 0.6 is 15.9 Å². The molecular formula is C13H9BrF2N2O2. The summed E-state index contributed by atoms with van der Waals surface area (Å²) in [5, 5.41) is 0. The Kier molecular flexibility index (Phi) is 3.89. The standard InChI is InChI=1S/C13H9BrF2N2O2/c14-6-4-8(15)11(16)10(5-6)20-12-7(13(18)19)2-1-3-9(12)17/h1-5H,17H2,(H2,18,19). The molecule has 0 radical (unpaired) electrons. The second-order valence-corrected chi connectivity index (χ2v) is 4.81. The Hall–Kier alpha value is -2.15. The number of hydrogen-bond acceptors (Lipinski definition) is 3. The van der Waals surface area contributed by atoms with Gasteiger partial charge in [0.05, 0.1) is 11.3 Å². The first kappa shape index (κ1) is 14.3. The van der Waals surface area contributed by atoms with Crippen molar-refractivity contribution in [1.29, 1.82) is 0 Å². The molecule has 0 aliphatic rings. The van der Waals surface area contributed by atoms with Gasteiger partial charge in [-0.3, -0.25) is 4.79 Å². The lowest BCUT2D eigenvalue weighted by Gasteiger charge is -2.12. The number of primary amides is 1. The van der Waals surface area contributed by atoms with Crippen LogP contribution in [-0.4, -0.2) is 5.91 Å². The first-order chi connectivity index (χ1) is 9.40. The van der Waals surface area contributed by atoms with Crippen LogP contribution in [-0.2, 0) is 0 Å². The van der Waals surface area contributed by atoms with E-state index in [1.165, 1.54) is 24.3 Å². The van der Waals surface area contributed by atoms with Crippen LogP contribution in [0.5, 0.6) is 11.5 Å². The number of nitrogens with two attached hydrogens (primary N) is 2. The Labute approximate surface area is 121 Å². The van der Waals surface area contributed by atoms with Crippen LogP contribution in [0.1, 0.15) is 10.4 Å². The van der Waals surface area contributed by atoms with Gasteiger partial charge in [0.1, 0.15) is 0 Å². The summed E-state index contributed by atoms with van der Waals surface area (Å²) in [6, 6.07) is 6.50. The van der Waals surface area contributed by atoms with Crippen molar-refractivity contribution in [3.8, 4) is 11.5 Å². The molecule has 1 amide bonds. The zero-order chi connectivity index (χ0) is 14.9. The number of halogens is 3. The fourth-order valence-electron chi connectivity index (χ4n) is 1.58. The summed E-state index contributed by atoms with van der Waals surface area (Å²) in [7, 11) is 0. The van der Waals surface area contributed by atoms with Gasteiger partial charge in [0, 0.05) is 4.47 Å². The number of amides is 1. The molecule has 0 spiro atoms. The molecular weight excluding hydrogens is 334 g/mol. The van der Waals surface area contributed by atoms with Gasteiger partial charge < -0.3 is 16.2 Å². The predicted molar refractivity (Wildman–Crippen MR) is 73.5 cm³/mol. The molecule has 7 heteroatoms. The number of nitrogen functional groups attached to an aromatic ring is 1. The van der Waals surface area contributed by atoms with E-state index in [4.69, 9.17) is 16.2 Å². The van der Waals surface area contributed by atoms with Crippen LogP contribution in [0, 0.1) is 11.6 Å². The summed E-state index contributed by atoms with van der Waals surface area (Å²) in [5.74, 6) is -3.59. The van der Waals surface area contributed by atoms with Crippen molar-refractivity contribution in [1.82, 2.24) is 0 Å². The van der Waals surface area contributed by atoms with E-state index in [-0.39, 0.29) is 21.5 Å². The van der Waals surface area contributed by atoms with Crippen LogP contribution in [0.3, 0.4) is 0 Å². The van der Waals surface area contributed by atoms with Crippen LogP contribution in [0.15, 0.2) is 34.8 Å². The lowest BCUT2D eigenvalue weighted by Crippen LogP contribution is -2.13. The van der Waals surface area contributed by atoms with E-state index in [0.717, 1.165) is 6.07 Å². The quantitative estimate of drug-likeness (QED) is 0.664. The van der Waals surface area contributed by atoms with Crippen molar-refractivity contribution < 1.29 is 18.3 Å². The Morgan fingerprint density at radius 3 is 2.60 bits per heavy atom. The van der Waals surface area contributed by atoms with Gasteiger partial charge in [-0.1, -0.05) is 22.0 Å². The van der Waals surface area contributed by atoms with Crippen molar-refractivity contribution in [3.05, 3.63) is 52.0 Å². The second-order valence-electron chi connectivity index (χ2n) is 3.89. The topological polar surface area (TPSA) is 78.3 Å². The van der Waals surface area contributed by atoms with E-state index < -0.39 is 23.3 Å². The number of carbonyl (C=O) groups is 1. The highest BCUT2D eigenvalue weighted by molar-refractivity contribution is 9.10. The summed E-state index contributed by atoms with van der Waals surface area (Å²) in [5.41, 5.74) is 10.9. The third-order valence-electron chi connectivity index (χ3n) is 2.48. The normalized spacial score (nSPS) is 10.3. The summed E-state index contributed by atoms with van der Waals surface area (Å²) < 4.78 is 32.5. The Bertz CT molecular complexity index is 692. The molecule has 0 aromatic heterocycles. The van der Waals surface area contributed by atoms with Crippen molar-refractivity contribution in [2.75, 3.05) is 5.73 Å². The highest BCUT2D eigenvalue weighted by atomic mass is 79.9. The lowest BCUT2D eigenvalue weighted by atomic mass is 10.1. The molecule has 0 bridgehead atoms. The van der Waals surface area contributed by atoms with Crippen molar-refractivity contribution >= 4 is 27.5 Å². The molecule has 0 saturated carbocycles. The van der Waals surface area contributed by atoms with E-state index >= 15 is 0 Å². The van der Waals surface area contributed by atoms with Gasteiger partial charge >= 0.3 is 0 Å². The minimum atomic E-state index is -1.19. The number of anilines is 1. The van der Waals surface area contributed by atoms with Crippen LogP contribution in [0.4, 0.5) is 14.5 Å². The van der Waals surface area contributed by atoms with Gasteiger partial charge in [0.2, 0.25) is 5.82 Å². The summed E-state index contributed by atoms with van der Waals surface area (Å²) >= 11 is 3.02. The molecule has 0 aliphatic carbocycles. The SMILES string of the molecule is NC(=O)c1cccc(N)c1Oc1cc(Br)cc(F)c1F. The summed E-state index contributed by atoms with van der Waals surface area (Å²) in [6.07, 6.45) is 0. The summed E-state index contributed by atoms with van der Waals surface area (Å²) in [6.45, 7) is 0. The maximum atomic E-state index is 13.7. The molecule has 0 saturated heterocycles. The fourth-order valence-corrected chi connectivity index (χ4v) is 1.99. The van der Waals surface area contributed by atoms with E-state index in [2.05, 4.69) is 15.9 Å².